The lowest BCUT2D eigenvalue weighted by Crippen LogP contribution is -2.40. The Hall–Kier alpha value is -0.570. The molecule has 0 aromatic heterocycles. The summed E-state index contributed by atoms with van der Waals surface area (Å²) in [6.45, 7) is 1.62. The number of carbonyl (C=O) groups is 1. The Kier molecular flexibility index (Phi) is 3.13. The van der Waals surface area contributed by atoms with Crippen molar-refractivity contribution in [3.05, 3.63) is 0 Å². The third kappa shape index (κ3) is 2.07. The summed E-state index contributed by atoms with van der Waals surface area (Å²) < 4.78 is 5.36. The van der Waals surface area contributed by atoms with Crippen LogP contribution in [0.3, 0.4) is 0 Å². The van der Waals surface area contributed by atoms with E-state index in [0.717, 1.165) is 19.6 Å². The zero-order valence-electron chi connectivity index (χ0n) is 11.5. The van der Waals surface area contributed by atoms with Gasteiger partial charge in [-0.1, -0.05) is 19.3 Å². The van der Waals surface area contributed by atoms with Crippen LogP contribution in [0.25, 0.3) is 0 Å². The highest BCUT2D eigenvalue weighted by atomic mass is 16.5. The summed E-state index contributed by atoms with van der Waals surface area (Å²) in [7, 11) is 1.77. The largest absolute Gasteiger partial charge is 0.384 e. The molecule has 0 aliphatic heterocycles. The maximum atomic E-state index is 12.2. The molecular formula is C15H25NO2. The van der Waals surface area contributed by atoms with Gasteiger partial charge in [0, 0.05) is 25.0 Å². The highest BCUT2D eigenvalue weighted by Crippen LogP contribution is 2.65. The minimum atomic E-state index is 0.228. The molecule has 3 aliphatic carbocycles. The van der Waals surface area contributed by atoms with Gasteiger partial charge in [0.25, 0.3) is 0 Å². The third-order valence-electron chi connectivity index (χ3n) is 5.61. The lowest BCUT2D eigenvalue weighted by Gasteiger charge is -2.29. The van der Waals surface area contributed by atoms with Crippen LogP contribution in [0.2, 0.25) is 0 Å². The molecule has 0 aromatic rings. The van der Waals surface area contributed by atoms with Crippen molar-refractivity contribution < 1.29 is 9.53 Å². The minimum absolute atomic E-state index is 0.228. The van der Waals surface area contributed by atoms with Gasteiger partial charge in [-0.15, -0.1) is 0 Å². The number of carbonyl (C=O) groups excluding carboxylic acids is 1. The maximum Gasteiger partial charge on any atom is 0.223 e. The molecule has 3 nitrogen and oxygen atoms in total. The highest BCUT2D eigenvalue weighted by molar-refractivity contribution is 5.82. The second kappa shape index (κ2) is 4.52. The summed E-state index contributed by atoms with van der Waals surface area (Å²) in [6.07, 6.45) is 10.0. The standard InChI is InChI=1S/C15H25NO2/c1-18-11-14(5-2-3-6-14)10-16-13(17)12-9-15(12)7-4-8-15/h12H,2-11H2,1H3,(H,16,17)/t12-/m0/s1. The van der Waals surface area contributed by atoms with Gasteiger partial charge in [-0.2, -0.15) is 0 Å². The van der Waals surface area contributed by atoms with E-state index in [-0.39, 0.29) is 5.41 Å². The van der Waals surface area contributed by atoms with E-state index in [0.29, 0.717) is 17.2 Å². The Balaban J connectivity index is 1.49. The van der Waals surface area contributed by atoms with Crippen LogP contribution in [0.5, 0.6) is 0 Å². The number of amides is 1. The Morgan fingerprint density at radius 2 is 1.94 bits per heavy atom. The molecule has 3 saturated carbocycles. The Bertz CT molecular complexity index is 329. The molecule has 3 aliphatic rings. The van der Waals surface area contributed by atoms with Gasteiger partial charge in [-0.3, -0.25) is 4.79 Å². The van der Waals surface area contributed by atoms with Crippen LogP contribution >= 0.6 is 0 Å². The Morgan fingerprint density at radius 1 is 1.22 bits per heavy atom. The van der Waals surface area contributed by atoms with E-state index in [4.69, 9.17) is 4.74 Å². The van der Waals surface area contributed by atoms with Crippen molar-refractivity contribution in [2.75, 3.05) is 20.3 Å². The summed E-state index contributed by atoms with van der Waals surface area (Å²) in [6, 6.07) is 0. The summed E-state index contributed by atoms with van der Waals surface area (Å²) >= 11 is 0. The molecule has 18 heavy (non-hydrogen) atoms. The van der Waals surface area contributed by atoms with E-state index in [9.17, 15) is 4.79 Å². The zero-order chi connectivity index (χ0) is 12.6. The van der Waals surface area contributed by atoms with Crippen molar-refractivity contribution in [1.29, 1.82) is 0 Å². The summed E-state index contributed by atoms with van der Waals surface area (Å²) in [5.74, 6) is 0.657. The van der Waals surface area contributed by atoms with Crippen LogP contribution in [0.4, 0.5) is 0 Å². The van der Waals surface area contributed by atoms with Crippen molar-refractivity contribution >= 4 is 5.91 Å². The molecule has 1 N–H and O–H groups in total. The van der Waals surface area contributed by atoms with Crippen LogP contribution in [0, 0.1) is 16.7 Å². The second-order valence-corrected chi connectivity index (χ2v) is 6.83. The topological polar surface area (TPSA) is 38.3 Å². The fourth-order valence-electron chi connectivity index (χ4n) is 4.10. The molecule has 1 atom stereocenters. The number of hydrogen-bond donors (Lipinski definition) is 1. The first kappa shape index (κ1) is 12.5. The molecule has 3 heteroatoms. The maximum absolute atomic E-state index is 12.2. The molecule has 0 saturated heterocycles. The van der Waals surface area contributed by atoms with E-state index in [1.165, 1.54) is 44.9 Å². The van der Waals surface area contributed by atoms with Gasteiger partial charge in [0.15, 0.2) is 0 Å². The average Bonchev–Trinajstić information content (AvgIpc) is 2.95. The molecule has 0 radical (unpaired) electrons. The fraction of sp³-hybridized carbons (Fsp3) is 0.933. The van der Waals surface area contributed by atoms with Crippen molar-refractivity contribution in [3.63, 3.8) is 0 Å². The lowest BCUT2D eigenvalue weighted by molar-refractivity contribution is -0.124. The van der Waals surface area contributed by atoms with Crippen LogP contribution in [-0.2, 0) is 9.53 Å². The quantitative estimate of drug-likeness (QED) is 0.815. The molecule has 3 fully saturated rings. The monoisotopic (exact) mass is 251 g/mol. The Labute approximate surface area is 110 Å². The summed E-state index contributed by atoms with van der Waals surface area (Å²) in [5, 5.41) is 3.22. The van der Waals surface area contributed by atoms with E-state index in [1.54, 1.807) is 7.11 Å². The van der Waals surface area contributed by atoms with E-state index in [2.05, 4.69) is 5.32 Å². The van der Waals surface area contributed by atoms with Crippen LogP contribution < -0.4 is 5.32 Å². The van der Waals surface area contributed by atoms with E-state index < -0.39 is 0 Å². The molecule has 0 heterocycles. The van der Waals surface area contributed by atoms with E-state index >= 15 is 0 Å². The number of nitrogens with one attached hydrogen (secondary N) is 1. The zero-order valence-corrected chi connectivity index (χ0v) is 11.5. The fourth-order valence-corrected chi connectivity index (χ4v) is 4.10. The molecule has 0 bridgehead atoms. The summed E-state index contributed by atoms with van der Waals surface area (Å²) in [5.41, 5.74) is 0.681. The van der Waals surface area contributed by atoms with Gasteiger partial charge >= 0.3 is 0 Å². The van der Waals surface area contributed by atoms with Gasteiger partial charge in [-0.05, 0) is 37.5 Å². The molecule has 0 unspecified atom stereocenters. The van der Waals surface area contributed by atoms with Gasteiger partial charge in [0.05, 0.1) is 6.61 Å². The number of ether oxygens (including phenoxy) is 1. The van der Waals surface area contributed by atoms with Gasteiger partial charge in [0.1, 0.15) is 0 Å². The first-order chi connectivity index (χ1) is 8.70. The molecule has 0 aromatic carbocycles. The molecule has 102 valence electrons. The first-order valence-electron chi connectivity index (χ1n) is 7.47. The Morgan fingerprint density at radius 3 is 2.44 bits per heavy atom. The molecule has 3 rings (SSSR count). The van der Waals surface area contributed by atoms with Gasteiger partial charge in [0.2, 0.25) is 5.91 Å². The smallest absolute Gasteiger partial charge is 0.223 e. The van der Waals surface area contributed by atoms with Crippen molar-refractivity contribution in [2.45, 2.75) is 51.4 Å². The summed E-state index contributed by atoms with van der Waals surface area (Å²) in [4.78, 5) is 12.2. The number of hydrogen-bond acceptors (Lipinski definition) is 2. The van der Waals surface area contributed by atoms with Crippen molar-refractivity contribution in [1.82, 2.24) is 5.32 Å². The SMILES string of the molecule is COCC1(CNC(=O)[C@@H]2CC23CCC3)CCCC1. The number of rotatable bonds is 5. The first-order valence-corrected chi connectivity index (χ1v) is 7.47. The van der Waals surface area contributed by atoms with Gasteiger partial charge < -0.3 is 10.1 Å². The molecule has 1 amide bonds. The van der Waals surface area contributed by atoms with Crippen LogP contribution in [0.1, 0.15) is 51.4 Å². The van der Waals surface area contributed by atoms with Gasteiger partial charge in [-0.25, -0.2) is 0 Å². The molecular weight excluding hydrogens is 226 g/mol. The third-order valence-corrected chi connectivity index (χ3v) is 5.61. The molecule has 1 spiro atoms. The van der Waals surface area contributed by atoms with E-state index in [1.807, 2.05) is 0 Å². The highest BCUT2D eigenvalue weighted by Gasteiger charge is 2.60. The van der Waals surface area contributed by atoms with Crippen molar-refractivity contribution in [3.8, 4) is 0 Å². The predicted molar refractivity (Wildman–Crippen MR) is 70.2 cm³/mol. The lowest BCUT2D eigenvalue weighted by atomic mass is 9.79. The normalized spacial score (nSPS) is 31.1. The second-order valence-electron chi connectivity index (χ2n) is 6.83. The number of methoxy groups -OCH3 is 1. The minimum Gasteiger partial charge on any atom is -0.384 e. The average molecular weight is 251 g/mol. The van der Waals surface area contributed by atoms with Crippen LogP contribution in [0.15, 0.2) is 0 Å². The predicted octanol–water partition coefficient (Wildman–Crippen LogP) is 2.50. The van der Waals surface area contributed by atoms with Crippen LogP contribution in [-0.4, -0.2) is 26.2 Å². The van der Waals surface area contributed by atoms with Crippen molar-refractivity contribution in [2.24, 2.45) is 16.7 Å².